The first kappa shape index (κ1) is 45.6. The van der Waals surface area contributed by atoms with E-state index in [0.29, 0.717) is 18.4 Å². The Morgan fingerprint density at radius 2 is 1.56 bits per heavy atom. The van der Waals surface area contributed by atoms with Gasteiger partial charge < -0.3 is 40.5 Å². The molecule has 0 bridgehead atoms. The van der Waals surface area contributed by atoms with Gasteiger partial charge >= 0.3 is 6.09 Å². The number of Topliss-reactive ketones (excluding diaryl/α,β-unsaturated/α-hetero) is 1. The van der Waals surface area contributed by atoms with E-state index in [9.17, 15) is 33.6 Å². The van der Waals surface area contributed by atoms with Gasteiger partial charge in [0.05, 0.1) is 30.9 Å². The summed E-state index contributed by atoms with van der Waals surface area (Å²) in [5.41, 5.74) is -0.833. The van der Waals surface area contributed by atoms with Crippen molar-refractivity contribution in [1.29, 1.82) is 0 Å². The molecule has 1 aromatic rings. The van der Waals surface area contributed by atoms with Crippen molar-refractivity contribution in [2.24, 2.45) is 11.3 Å². The van der Waals surface area contributed by atoms with Gasteiger partial charge in [-0.2, -0.15) is 0 Å². The van der Waals surface area contributed by atoms with E-state index in [1.807, 2.05) is 41.5 Å². The summed E-state index contributed by atoms with van der Waals surface area (Å²) in [5, 5.41) is 10.3. The quantitative estimate of drug-likeness (QED) is 0.173. The molecule has 1 heterocycles. The largest absolute Gasteiger partial charge is 0.449 e. The summed E-state index contributed by atoms with van der Waals surface area (Å²) in [5.74, 6) is -4.24. The average Bonchev–Trinajstić information content (AvgIpc) is 3.50. The van der Waals surface area contributed by atoms with Gasteiger partial charge in [0.25, 0.3) is 5.91 Å². The number of nitrogens with zero attached hydrogens (tertiary/aromatic N) is 2. The van der Waals surface area contributed by atoms with E-state index in [0.717, 1.165) is 0 Å². The molecule has 5 atom stereocenters. The molecule has 0 aliphatic carbocycles. The van der Waals surface area contributed by atoms with E-state index in [4.69, 9.17) is 9.47 Å². The summed E-state index contributed by atoms with van der Waals surface area (Å²) in [6.45, 7) is 16.2. The van der Waals surface area contributed by atoms with Crippen LogP contribution in [0.2, 0.25) is 0 Å². The van der Waals surface area contributed by atoms with Gasteiger partial charge in [-0.1, -0.05) is 84.7 Å². The van der Waals surface area contributed by atoms with Crippen molar-refractivity contribution in [3.05, 3.63) is 35.9 Å². The van der Waals surface area contributed by atoms with Crippen LogP contribution in [0.1, 0.15) is 99.6 Å². The second kappa shape index (κ2) is 20.2. The fourth-order valence-corrected chi connectivity index (χ4v) is 5.85. The van der Waals surface area contributed by atoms with Gasteiger partial charge in [0, 0.05) is 27.1 Å². The molecule has 0 saturated carbocycles. The van der Waals surface area contributed by atoms with Crippen LogP contribution in [0.5, 0.6) is 0 Å². The molecule has 54 heavy (non-hydrogen) atoms. The number of amides is 6. The minimum Gasteiger partial charge on any atom is -0.449 e. The summed E-state index contributed by atoms with van der Waals surface area (Å²) in [4.78, 5) is 96.0. The first-order chi connectivity index (χ1) is 25.0. The number of carbonyl (C=O) groups excluding carboxylic acids is 7. The van der Waals surface area contributed by atoms with Crippen molar-refractivity contribution in [2.75, 3.05) is 33.8 Å². The SMILES string of the molecule is CCCCC(NC(=O)C1CC(OC(C)(C)C)CN1C(=O)C(NC(=O)OCC(C)C)C(C)(C)C)C(=O)C(=O)NCC(=O)NC(C(=O)N(C)C)c1ccccc1. The summed E-state index contributed by atoms with van der Waals surface area (Å²) in [6.07, 6.45) is 0.0937. The monoisotopic (exact) mass is 758 g/mol. The van der Waals surface area contributed by atoms with E-state index < -0.39 is 83.3 Å². The molecule has 0 aromatic heterocycles. The fraction of sp³-hybridized carbons (Fsp3) is 0.667. The Hall–Kier alpha value is -4.53. The number of hydrogen-bond donors (Lipinski definition) is 4. The van der Waals surface area contributed by atoms with Gasteiger partial charge in [0.15, 0.2) is 0 Å². The molecule has 1 fully saturated rings. The van der Waals surface area contributed by atoms with Crippen LogP contribution in [0.15, 0.2) is 30.3 Å². The molecule has 5 unspecified atom stereocenters. The van der Waals surface area contributed by atoms with Gasteiger partial charge in [0.2, 0.25) is 29.4 Å². The molecule has 2 rings (SSSR count). The Labute approximate surface area is 320 Å². The molecule has 15 heteroatoms. The molecule has 1 aliphatic rings. The number of rotatable bonds is 17. The van der Waals surface area contributed by atoms with Crippen LogP contribution in [-0.2, 0) is 38.2 Å². The van der Waals surface area contributed by atoms with Crippen LogP contribution in [0, 0.1) is 11.3 Å². The lowest BCUT2D eigenvalue weighted by atomic mass is 9.85. The molecule has 4 N–H and O–H groups in total. The number of likely N-dealkylation sites (tertiary alicyclic amines) is 1. The number of ether oxygens (including phenoxy) is 2. The zero-order valence-corrected chi connectivity index (χ0v) is 33.9. The number of carbonyl (C=O) groups is 7. The summed E-state index contributed by atoms with van der Waals surface area (Å²) >= 11 is 0. The maximum Gasteiger partial charge on any atom is 0.407 e. The Bertz CT molecular complexity index is 1470. The van der Waals surface area contributed by atoms with E-state index in [1.54, 1.807) is 65.2 Å². The smallest absolute Gasteiger partial charge is 0.407 e. The van der Waals surface area contributed by atoms with Gasteiger partial charge in [0.1, 0.15) is 18.1 Å². The highest BCUT2D eigenvalue weighted by Gasteiger charge is 2.47. The first-order valence-electron chi connectivity index (χ1n) is 18.6. The standard InChI is InChI=1S/C39H62N6O9/c1-12-13-19-27(31(47)34(49)40-21-29(46)42-30(35(50)44(10)11)25-17-15-14-16-18-25)41-33(48)28-20-26(54-39(7,8)9)22-45(28)36(51)32(38(4,5)6)43-37(52)53-23-24(2)3/h14-18,24,26-28,30,32H,12-13,19-23H2,1-11H3,(H,40,49)(H,41,48)(H,42,46)(H,43,52). The van der Waals surface area contributed by atoms with Crippen molar-refractivity contribution >= 4 is 41.4 Å². The van der Waals surface area contributed by atoms with E-state index in [1.165, 1.54) is 9.80 Å². The highest BCUT2D eigenvalue weighted by atomic mass is 16.5. The first-order valence-corrected chi connectivity index (χ1v) is 18.6. The van der Waals surface area contributed by atoms with E-state index in [-0.39, 0.29) is 37.8 Å². The molecule has 1 saturated heterocycles. The highest BCUT2D eigenvalue weighted by Crippen LogP contribution is 2.29. The van der Waals surface area contributed by atoms with Crippen molar-refractivity contribution in [1.82, 2.24) is 31.1 Å². The number of nitrogens with one attached hydrogen (secondary N) is 4. The number of ketones is 1. The summed E-state index contributed by atoms with van der Waals surface area (Å²) in [7, 11) is 3.11. The zero-order valence-electron chi connectivity index (χ0n) is 33.9. The number of unbranched alkanes of at least 4 members (excludes halogenated alkanes) is 1. The van der Waals surface area contributed by atoms with Gasteiger partial charge in [-0.15, -0.1) is 0 Å². The topological polar surface area (TPSA) is 193 Å². The van der Waals surface area contributed by atoms with Gasteiger partial charge in [-0.05, 0) is 44.1 Å². The lowest BCUT2D eigenvalue weighted by molar-refractivity contribution is -0.144. The summed E-state index contributed by atoms with van der Waals surface area (Å²) in [6, 6.07) is 4.19. The second-order valence-electron chi connectivity index (χ2n) is 16.4. The Kier molecular flexibility index (Phi) is 17.1. The zero-order chi connectivity index (χ0) is 41.0. The predicted molar refractivity (Wildman–Crippen MR) is 203 cm³/mol. The third kappa shape index (κ3) is 14.4. The Morgan fingerprint density at radius 3 is 2.09 bits per heavy atom. The average molecular weight is 759 g/mol. The molecular weight excluding hydrogens is 696 g/mol. The van der Waals surface area contributed by atoms with Crippen molar-refractivity contribution in [3.8, 4) is 0 Å². The van der Waals surface area contributed by atoms with Crippen molar-refractivity contribution in [3.63, 3.8) is 0 Å². The maximum atomic E-state index is 14.2. The predicted octanol–water partition coefficient (Wildman–Crippen LogP) is 2.87. The summed E-state index contributed by atoms with van der Waals surface area (Å²) < 4.78 is 11.5. The third-order valence-corrected chi connectivity index (χ3v) is 8.53. The highest BCUT2D eigenvalue weighted by molar-refractivity contribution is 6.38. The Balaban J connectivity index is 2.27. The third-order valence-electron chi connectivity index (χ3n) is 8.53. The minimum atomic E-state index is -1.25. The lowest BCUT2D eigenvalue weighted by Gasteiger charge is -2.35. The van der Waals surface area contributed by atoms with E-state index >= 15 is 0 Å². The molecule has 15 nitrogen and oxygen atoms in total. The van der Waals surface area contributed by atoms with E-state index in [2.05, 4.69) is 21.3 Å². The van der Waals surface area contributed by atoms with Crippen LogP contribution in [0.25, 0.3) is 0 Å². The van der Waals surface area contributed by atoms with Crippen LogP contribution < -0.4 is 21.3 Å². The Morgan fingerprint density at radius 1 is 0.926 bits per heavy atom. The van der Waals surface area contributed by atoms with Crippen molar-refractivity contribution in [2.45, 2.75) is 124 Å². The fourth-order valence-electron chi connectivity index (χ4n) is 5.85. The van der Waals surface area contributed by atoms with Gasteiger partial charge in [-0.3, -0.25) is 28.8 Å². The molecule has 0 spiro atoms. The van der Waals surface area contributed by atoms with Gasteiger partial charge in [-0.25, -0.2) is 4.79 Å². The number of hydrogen-bond acceptors (Lipinski definition) is 9. The molecule has 1 aliphatic heterocycles. The van der Waals surface area contributed by atoms with Crippen molar-refractivity contribution < 1.29 is 43.0 Å². The van der Waals surface area contributed by atoms with Crippen LogP contribution in [0.3, 0.4) is 0 Å². The van der Waals surface area contributed by atoms with Crippen LogP contribution in [-0.4, -0.2) is 115 Å². The minimum absolute atomic E-state index is 0.0486. The molecule has 0 radical (unpaired) electrons. The number of likely N-dealkylation sites (N-methyl/N-ethyl adjacent to an activating group) is 1. The molecule has 1 aromatic carbocycles. The second-order valence-corrected chi connectivity index (χ2v) is 16.4. The molecule has 6 amide bonds. The number of alkyl carbamates (subject to hydrolysis) is 1. The maximum absolute atomic E-state index is 14.2. The van der Waals surface area contributed by atoms with Crippen LogP contribution in [0.4, 0.5) is 4.79 Å². The normalized spacial score (nSPS) is 17.5. The van der Waals surface area contributed by atoms with Crippen LogP contribution >= 0.6 is 0 Å². The molecule has 302 valence electrons. The lowest BCUT2D eigenvalue weighted by Crippen LogP contribution is -2.59. The molecular formula is C39H62N6O9. The number of benzene rings is 1.